The third kappa shape index (κ3) is 4.10. The van der Waals surface area contributed by atoms with E-state index >= 15 is 0 Å². The summed E-state index contributed by atoms with van der Waals surface area (Å²) in [5.74, 6) is -0.335. The number of aromatic nitrogens is 3. The molecule has 2 aromatic heterocycles. The van der Waals surface area contributed by atoms with Gasteiger partial charge in [-0.2, -0.15) is 0 Å². The molecule has 1 aromatic carbocycles. The number of halogens is 1. The van der Waals surface area contributed by atoms with Gasteiger partial charge >= 0.3 is 0 Å². The largest absolute Gasteiger partial charge is 0.355 e. The molecule has 9 heteroatoms. The Morgan fingerprint density at radius 3 is 2.56 bits per heavy atom. The first-order valence-corrected chi connectivity index (χ1v) is 10.2. The van der Waals surface area contributed by atoms with E-state index in [0.717, 1.165) is 0 Å². The van der Waals surface area contributed by atoms with E-state index in [0.29, 0.717) is 36.5 Å². The number of aryl methyl sites for hydroxylation is 1. The highest BCUT2D eigenvalue weighted by molar-refractivity contribution is 8.01. The number of carbonyl (C=O) groups excluding carboxylic acids is 2. The van der Waals surface area contributed by atoms with E-state index in [2.05, 4.69) is 10.1 Å². The number of thioether (sulfide) groups is 1. The van der Waals surface area contributed by atoms with Crippen LogP contribution in [0.25, 0.3) is 5.69 Å². The van der Waals surface area contributed by atoms with Crippen molar-refractivity contribution in [2.45, 2.75) is 25.1 Å². The van der Waals surface area contributed by atoms with Crippen LogP contribution >= 0.6 is 35.3 Å². The van der Waals surface area contributed by atoms with Gasteiger partial charge in [-0.3, -0.25) is 9.59 Å². The van der Waals surface area contributed by atoms with Gasteiger partial charge in [0.05, 0.1) is 17.1 Å². The Hall–Kier alpha value is -2.10. The number of ketones is 2. The first-order chi connectivity index (χ1) is 12.8. The molecule has 3 aromatic rings. The van der Waals surface area contributed by atoms with Gasteiger partial charge in [0.1, 0.15) is 5.82 Å². The van der Waals surface area contributed by atoms with Crippen molar-refractivity contribution in [2.75, 3.05) is 5.75 Å². The van der Waals surface area contributed by atoms with Crippen LogP contribution in [-0.4, -0.2) is 32.1 Å². The molecule has 0 radical (unpaired) electrons. The number of benzene rings is 1. The van der Waals surface area contributed by atoms with Crippen molar-refractivity contribution in [3.63, 3.8) is 0 Å². The van der Waals surface area contributed by atoms with Crippen molar-refractivity contribution in [2.24, 2.45) is 0 Å². The minimum atomic E-state index is -0.331. The summed E-state index contributed by atoms with van der Waals surface area (Å²) in [6.45, 7) is 5.04. The fourth-order valence-electron chi connectivity index (χ4n) is 2.82. The molecule has 0 unspecified atom stereocenters. The third-order valence-corrected chi connectivity index (χ3v) is 6.36. The van der Waals surface area contributed by atoms with Gasteiger partial charge in [-0.05, 0) is 62.8 Å². The summed E-state index contributed by atoms with van der Waals surface area (Å²) >= 11 is 7.88. The Morgan fingerprint density at radius 1 is 1.30 bits per heavy atom. The molecule has 0 aliphatic rings. The van der Waals surface area contributed by atoms with Gasteiger partial charge in [0.25, 0.3) is 0 Å². The van der Waals surface area contributed by atoms with Crippen molar-refractivity contribution in [1.82, 2.24) is 14.8 Å². The van der Waals surface area contributed by atoms with Crippen molar-refractivity contribution in [3.8, 4) is 5.69 Å². The summed E-state index contributed by atoms with van der Waals surface area (Å²) in [5.41, 5.74) is 3.06. The summed E-state index contributed by atoms with van der Waals surface area (Å²) in [4.78, 5) is 27.3. The lowest BCUT2D eigenvalue weighted by Gasteiger charge is -2.00. The average molecular weight is 422 g/mol. The highest BCUT2D eigenvalue weighted by Gasteiger charge is 2.20. The molecule has 0 aliphatic heterocycles. The fourth-order valence-corrected chi connectivity index (χ4v) is 5.05. The number of aromatic amines is 1. The minimum Gasteiger partial charge on any atom is -0.355 e. The zero-order valence-electron chi connectivity index (χ0n) is 14.8. The van der Waals surface area contributed by atoms with E-state index in [9.17, 15) is 14.0 Å². The molecule has 3 rings (SSSR count). The number of carbonyl (C=O) groups is 2. The summed E-state index contributed by atoms with van der Waals surface area (Å²) in [7, 11) is 0. The van der Waals surface area contributed by atoms with Crippen LogP contribution in [0, 0.1) is 23.6 Å². The molecule has 1 N–H and O–H groups in total. The third-order valence-electron chi connectivity index (χ3n) is 4.00. The van der Waals surface area contributed by atoms with E-state index in [1.807, 2.05) is 0 Å². The van der Waals surface area contributed by atoms with Crippen LogP contribution < -0.4 is 0 Å². The molecule has 0 saturated heterocycles. The summed E-state index contributed by atoms with van der Waals surface area (Å²) < 4.78 is 15.8. The summed E-state index contributed by atoms with van der Waals surface area (Å²) in [6, 6.07) is 5.88. The Kier molecular flexibility index (Phi) is 5.73. The van der Waals surface area contributed by atoms with Gasteiger partial charge in [-0.25, -0.2) is 9.07 Å². The van der Waals surface area contributed by atoms with Crippen molar-refractivity contribution in [3.05, 3.63) is 56.6 Å². The van der Waals surface area contributed by atoms with E-state index in [4.69, 9.17) is 12.2 Å². The van der Waals surface area contributed by atoms with Crippen molar-refractivity contribution >= 4 is 46.9 Å². The molecule has 27 heavy (non-hydrogen) atoms. The highest BCUT2D eigenvalue weighted by atomic mass is 32.2. The smallest absolute Gasteiger partial charge is 0.189 e. The Balaban J connectivity index is 1.76. The molecule has 0 amide bonds. The second-order valence-electron chi connectivity index (χ2n) is 5.92. The van der Waals surface area contributed by atoms with Crippen LogP contribution in [0.1, 0.15) is 39.0 Å². The standard InChI is InChI=1S/C18H16FN3O2S3/c1-9-15(11(3)23)10(2)20-16(9)14(24)8-26-17-21-22(18(25)27-17)13-6-4-12(19)5-7-13/h4-7,20H,8H2,1-3H3. The number of rotatable bonds is 6. The molecule has 5 nitrogen and oxygen atoms in total. The van der Waals surface area contributed by atoms with Gasteiger partial charge in [0.15, 0.2) is 19.9 Å². The van der Waals surface area contributed by atoms with Crippen molar-refractivity contribution in [1.29, 1.82) is 0 Å². The average Bonchev–Trinajstić information content (AvgIpc) is 3.13. The SMILES string of the molecule is CC(=O)c1c(C)[nH]c(C(=O)CSc2nn(-c3ccc(F)cc3)c(=S)s2)c1C. The number of Topliss-reactive ketones (excluding diaryl/α,β-unsaturated/α-hetero) is 2. The van der Waals surface area contributed by atoms with Crippen LogP contribution in [0.2, 0.25) is 0 Å². The number of hydrogen-bond acceptors (Lipinski definition) is 6. The van der Waals surface area contributed by atoms with Gasteiger partial charge in [0.2, 0.25) is 0 Å². The molecular formula is C18H16FN3O2S3. The lowest BCUT2D eigenvalue weighted by molar-refractivity contribution is 0.101. The van der Waals surface area contributed by atoms with Crippen LogP contribution in [0.15, 0.2) is 28.6 Å². The van der Waals surface area contributed by atoms with Gasteiger partial charge < -0.3 is 4.98 Å². The summed E-state index contributed by atoms with van der Waals surface area (Å²) in [6.07, 6.45) is 0. The lowest BCUT2D eigenvalue weighted by Crippen LogP contribution is -2.05. The monoisotopic (exact) mass is 421 g/mol. The van der Waals surface area contributed by atoms with Crippen molar-refractivity contribution < 1.29 is 14.0 Å². The molecule has 2 heterocycles. The topological polar surface area (TPSA) is 67.8 Å². The Morgan fingerprint density at radius 2 is 1.96 bits per heavy atom. The van der Waals surface area contributed by atoms with Crippen LogP contribution in [0.3, 0.4) is 0 Å². The zero-order valence-corrected chi connectivity index (χ0v) is 17.3. The van der Waals surface area contributed by atoms with E-state index < -0.39 is 0 Å². The maximum absolute atomic E-state index is 13.1. The van der Waals surface area contributed by atoms with E-state index in [-0.39, 0.29) is 23.1 Å². The lowest BCUT2D eigenvalue weighted by atomic mass is 10.1. The Labute approximate surface area is 168 Å². The molecule has 0 fully saturated rings. The van der Waals surface area contributed by atoms with Gasteiger partial charge in [-0.15, -0.1) is 5.10 Å². The molecule has 0 aliphatic carbocycles. The maximum Gasteiger partial charge on any atom is 0.189 e. The predicted molar refractivity (Wildman–Crippen MR) is 108 cm³/mol. The van der Waals surface area contributed by atoms with Crippen LogP contribution in [-0.2, 0) is 0 Å². The molecule has 140 valence electrons. The predicted octanol–water partition coefficient (Wildman–Crippen LogP) is 4.92. The van der Waals surface area contributed by atoms with Crippen LogP contribution in [0.4, 0.5) is 4.39 Å². The summed E-state index contributed by atoms with van der Waals surface area (Å²) in [5, 5.41) is 4.40. The molecule has 0 atom stereocenters. The van der Waals surface area contributed by atoms with Crippen LogP contribution in [0.5, 0.6) is 0 Å². The molecule has 0 bridgehead atoms. The van der Waals surface area contributed by atoms with E-state index in [1.54, 1.807) is 30.7 Å². The molecule has 0 saturated carbocycles. The number of hydrogen-bond donors (Lipinski definition) is 1. The minimum absolute atomic E-state index is 0.0658. The maximum atomic E-state index is 13.1. The number of nitrogens with zero attached hydrogens (tertiary/aromatic N) is 2. The second-order valence-corrected chi connectivity index (χ2v) is 8.76. The van der Waals surface area contributed by atoms with E-state index in [1.165, 1.54) is 42.2 Å². The number of H-pyrrole nitrogens is 1. The molecule has 0 spiro atoms. The van der Waals surface area contributed by atoms with Gasteiger partial charge in [0, 0.05) is 11.3 Å². The quantitative estimate of drug-likeness (QED) is 0.347. The van der Waals surface area contributed by atoms with Gasteiger partial charge in [-0.1, -0.05) is 23.1 Å². The Bertz CT molecular complexity index is 1080. The zero-order chi connectivity index (χ0) is 19.7. The number of nitrogens with one attached hydrogen (secondary N) is 1. The first kappa shape index (κ1) is 19.7. The second kappa shape index (κ2) is 7.87. The normalized spacial score (nSPS) is 11.0. The molecular weight excluding hydrogens is 405 g/mol. The fraction of sp³-hybridized carbons (Fsp3) is 0.222. The highest BCUT2D eigenvalue weighted by Crippen LogP contribution is 2.26. The first-order valence-electron chi connectivity index (χ1n) is 8.00.